The highest BCUT2D eigenvalue weighted by atomic mass is 35.5. The Bertz CT molecular complexity index is 945. The van der Waals surface area contributed by atoms with Crippen LogP contribution in [-0.2, 0) is 13.1 Å². The van der Waals surface area contributed by atoms with Crippen molar-refractivity contribution >= 4 is 17.5 Å². The molecule has 1 heterocycles. The van der Waals surface area contributed by atoms with Crippen molar-refractivity contribution in [3.8, 4) is 0 Å². The second-order valence-corrected chi connectivity index (χ2v) is 6.98. The minimum atomic E-state index is -0.0546. The van der Waals surface area contributed by atoms with Gasteiger partial charge in [-0.05, 0) is 48.4 Å². The number of halogens is 1. The lowest BCUT2D eigenvalue weighted by Crippen LogP contribution is -2.31. The van der Waals surface area contributed by atoms with Crippen LogP contribution in [0.5, 0.6) is 0 Å². The summed E-state index contributed by atoms with van der Waals surface area (Å²) in [5.74, 6) is -0.0546. The van der Waals surface area contributed by atoms with Gasteiger partial charge in [-0.2, -0.15) is 0 Å². The molecule has 1 aromatic heterocycles. The monoisotopic (exact) mass is 378 g/mol. The Kier molecular flexibility index (Phi) is 6.15. The molecule has 4 heteroatoms. The average molecular weight is 379 g/mol. The molecule has 27 heavy (non-hydrogen) atoms. The van der Waals surface area contributed by atoms with Crippen LogP contribution in [0.15, 0.2) is 79.5 Å². The summed E-state index contributed by atoms with van der Waals surface area (Å²) in [5, 5.41) is 0.558. The SMILES string of the molecule is C=CCN(Cc1cccn1Cc1ccccc1C)C(=O)c1cccc(Cl)c1. The van der Waals surface area contributed by atoms with E-state index in [1.165, 1.54) is 11.1 Å². The summed E-state index contributed by atoms with van der Waals surface area (Å²) in [4.78, 5) is 14.7. The maximum absolute atomic E-state index is 12.9. The van der Waals surface area contributed by atoms with Crippen molar-refractivity contribution in [3.63, 3.8) is 0 Å². The molecule has 0 aliphatic heterocycles. The Morgan fingerprint density at radius 2 is 1.96 bits per heavy atom. The number of aryl methyl sites for hydroxylation is 1. The lowest BCUT2D eigenvalue weighted by Gasteiger charge is -2.22. The first-order chi connectivity index (χ1) is 13.1. The lowest BCUT2D eigenvalue weighted by atomic mass is 10.1. The second-order valence-electron chi connectivity index (χ2n) is 6.54. The Balaban J connectivity index is 1.82. The Hall–Kier alpha value is -2.78. The first kappa shape index (κ1) is 19.0. The predicted octanol–water partition coefficient (Wildman–Crippen LogP) is 5.33. The van der Waals surface area contributed by atoms with E-state index in [4.69, 9.17) is 11.6 Å². The van der Waals surface area contributed by atoms with Gasteiger partial charge in [0.05, 0.1) is 6.54 Å². The molecule has 0 unspecified atom stereocenters. The Morgan fingerprint density at radius 1 is 1.15 bits per heavy atom. The highest BCUT2D eigenvalue weighted by Crippen LogP contribution is 2.17. The molecule has 0 aliphatic carbocycles. The summed E-state index contributed by atoms with van der Waals surface area (Å²) in [7, 11) is 0. The smallest absolute Gasteiger partial charge is 0.254 e. The van der Waals surface area contributed by atoms with Gasteiger partial charge in [0.2, 0.25) is 0 Å². The molecule has 0 atom stereocenters. The van der Waals surface area contributed by atoms with Crippen molar-refractivity contribution in [2.24, 2.45) is 0 Å². The van der Waals surface area contributed by atoms with Crippen molar-refractivity contribution in [2.75, 3.05) is 6.54 Å². The molecule has 0 radical (unpaired) electrons. The normalized spacial score (nSPS) is 10.6. The van der Waals surface area contributed by atoms with Crippen LogP contribution in [0, 0.1) is 6.92 Å². The van der Waals surface area contributed by atoms with E-state index in [2.05, 4.69) is 48.5 Å². The number of benzene rings is 2. The Morgan fingerprint density at radius 3 is 2.70 bits per heavy atom. The van der Waals surface area contributed by atoms with Crippen molar-refractivity contribution in [3.05, 3.63) is 107 Å². The van der Waals surface area contributed by atoms with E-state index in [1.807, 2.05) is 12.1 Å². The fourth-order valence-corrected chi connectivity index (χ4v) is 3.28. The highest BCUT2D eigenvalue weighted by Gasteiger charge is 2.17. The van der Waals surface area contributed by atoms with E-state index in [1.54, 1.807) is 35.2 Å². The molecule has 0 saturated heterocycles. The standard InChI is InChI=1S/C23H23ClN2O/c1-3-13-26(23(27)19-10-6-11-21(24)15-19)17-22-12-7-14-25(22)16-20-9-5-4-8-18(20)2/h3-12,14-15H,1,13,16-17H2,2H3. The molecule has 3 aromatic rings. The average Bonchev–Trinajstić information content (AvgIpc) is 3.09. The maximum Gasteiger partial charge on any atom is 0.254 e. The molecule has 138 valence electrons. The van der Waals surface area contributed by atoms with Crippen LogP contribution in [0.25, 0.3) is 0 Å². The van der Waals surface area contributed by atoms with E-state index in [-0.39, 0.29) is 5.91 Å². The van der Waals surface area contributed by atoms with Gasteiger partial charge in [-0.1, -0.05) is 48.0 Å². The maximum atomic E-state index is 12.9. The first-order valence-electron chi connectivity index (χ1n) is 8.92. The third kappa shape index (κ3) is 4.69. The summed E-state index contributed by atoms with van der Waals surface area (Å²) in [6, 6.07) is 19.5. The molecule has 3 nitrogen and oxygen atoms in total. The molecule has 0 fully saturated rings. The largest absolute Gasteiger partial charge is 0.345 e. The van der Waals surface area contributed by atoms with Gasteiger partial charge in [-0.25, -0.2) is 0 Å². The van der Waals surface area contributed by atoms with Crippen LogP contribution in [0.3, 0.4) is 0 Å². The van der Waals surface area contributed by atoms with E-state index in [0.717, 1.165) is 12.2 Å². The van der Waals surface area contributed by atoms with Gasteiger partial charge in [0.25, 0.3) is 5.91 Å². The zero-order valence-electron chi connectivity index (χ0n) is 15.4. The van der Waals surface area contributed by atoms with Crippen LogP contribution in [-0.4, -0.2) is 21.9 Å². The number of hydrogen-bond acceptors (Lipinski definition) is 1. The molecular formula is C23H23ClN2O. The summed E-state index contributed by atoms with van der Waals surface area (Å²) in [5.41, 5.74) is 4.19. The molecule has 0 spiro atoms. The van der Waals surface area contributed by atoms with Crippen LogP contribution in [0.4, 0.5) is 0 Å². The van der Waals surface area contributed by atoms with Crippen molar-refractivity contribution in [1.29, 1.82) is 0 Å². The van der Waals surface area contributed by atoms with Gasteiger partial charge >= 0.3 is 0 Å². The van der Waals surface area contributed by atoms with Crippen LogP contribution < -0.4 is 0 Å². The number of carbonyl (C=O) groups is 1. The third-order valence-corrected chi connectivity index (χ3v) is 4.82. The van der Waals surface area contributed by atoms with Crippen LogP contribution in [0.2, 0.25) is 5.02 Å². The highest BCUT2D eigenvalue weighted by molar-refractivity contribution is 6.30. The zero-order chi connectivity index (χ0) is 19.2. The molecular weight excluding hydrogens is 356 g/mol. The second kappa shape index (κ2) is 8.74. The van der Waals surface area contributed by atoms with Crippen molar-refractivity contribution in [2.45, 2.75) is 20.0 Å². The van der Waals surface area contributed by atoms with Gasteiger partial charge in [0.15, 0.2) is 0 Å². The predicted molar refractivity (Wildman–Crippen MR) is 111 cm³/mol. The number of hydrogen-bond donors (Lipinski definition) is 0. The van der Waals surface area contributed by atoms with E-state index in [0.29, 0.717) is 23.7 Å². The number of amides is 1. The number of rotatable bonds is 7. The minimum Gasteiger partial charge on any atom is -0.345 e. The molecule has 2 aromatic carbocycles. The summed E-state index contributed by atoms with van der Waals surface area (Å²) < 4.78 is 2.18. The van der Waals surface area contributed by atoms with Gasteiger partial charge in [-0.15, -0.1) is 6.58 Å². The van der Waals surface area contributed by atoms with Gasteiger partial charge in [0.1, 0.15) is 0 Å². The summed E-state index contributed by atoms with van der Waals surface area (Å²) in [6.07, 6.45) is 3.80. The van der Waals surface area contributed by atoms with Crippen molar-refractivity contribution in [1.82, 2.24) is 9.47 Å². The number of nitrogens with zero attached hydrogens (tertiary/aromatic N) is 2. The van der Waals surface area contributed by atoms with Crippen LogP contribution in [0.1, 0.15) is 27.2 Å². The molecule has 0 N–H and O–H groups in total. The van der Waals surface area contributed by atoms with Gasteiger partial charge in [-0.3, -0.25) is 4.79 Å². The van der Waals surface area contributed by atoms with Gasteiger partial charge < -0.3 is 9.47 Å². The van der Waals surface area contributed by atoms with Gasteiger partial charge in [0, 0.05) is 35.6 Å². The first-order valence-corrected chi connectivity index (χ1v) is 9.30. The summed E-state index contributed by atoms with van der Waals surface area (Å²) in [6.45, 7) is 7.68. The molecule has 3 rings (SSSR count). The number of aromatic nitrogens is 1. The van der Waals surface area contributed by atoms with E-state index in [9.17, 15) is 4.79 Å². The van der Waals surface area contributed by atoms with Crippen molar-refractivity contribution < 1.29 is 4.79 Å². The molecule has 0 saturated carbocycles. The third-order valence-electron chi connectivity index (χ3n) is 4.59. The quantitative estimate of drug-likeness (QED) is 0.510. The summed E-state index contributed by atoms with van der Waals surface area (Å²) >= 11 is 6.05. The van der Waals surface area contributed by atoms with Crippen LogP contribution >= 0.6 is 11.6 Å². The molecule has 1 amide bonds. The Labute approximate surface area is 165 Å². The minimum absolute atomic E-state index is 0.0546. The molecule has 0 bridgehead atoms. The fourth-order valence-electron chi connectivity index (χ4n) is 3.09. The molecule has 0 aliphatic rings. The fraction of sp³-hybridized carbons (Fsp3) is 0.174. The van der Waals surface area contributed by atoms with E-state index >= 15 is 0 Å². The lowest BCUT2D eigenvalue weighted by molar-refractivity contribution is 0.0759. The number of carbonyl (C=O) groups excluding carboxylic acids is 1. The topological polar surface area (TPSA) is 25.2 Å². The van der Waals surface area contributed by atoms with E-state index < -0.39 is 0 Å². The zero-order valence-corrected chi connectivity index (χ0v) is 16.2.